The van der Waals surface area contributed by atoms with Gasteiger partial charge in [0.2, 0.25) is 0 Å². The van der Waals surface area contributed by atoms with Crippen LogP contribution in [0, 0.1) is 17.0 Å². The van der Waals surface area contributed by atoms with Crippen molar-refractivity contribution in [2.75, 3.05) is 0 Å². The van der Waals surface area contributed by atoms with Crippen molar-refractivity contribution in [1.82, 2.24) is 0 Å². The molecule has 0 bridgehead atoms. The minimum atomic E-state index is -0.497. The Hall–Kier alpha value is -2.95. The van der Waals surface area contributed by atoms with E-state index in [2.05, 4.69) is 0 Å². The SMILES string of the molecule is CC(=O)OC(/C=C/c1ccc([N+](=O)[O-])cc1)c1ccc(C)cc1. The number of nitro groups is 1. The molecule has 0 aromatic heterocycles. The van der Waals surface area contributed by atoms with Gasteiger partial charge in [0, 0.05) is 19.1 Å². The monoisotopic (exact) mass is 311 g/mol. The van der Waals surface area contributed by atoms with E-state index in [1.54, 1.807) is 24.3 Å². The van der Waals surface area contributed by atoms with E-state index in [4.69, 9.17) is 4.74 Å². The van der Waals surface area contributed by atoms with Crippen LogP contribution >= 0.6 is 0 Å². The Kier molecular flexibility index (Phi) is 5.25. The van der Waals surface area contributed by atoms with Crippen LogP contribution in [0.25, 0.3) is 6.08 Å². The number of carbonyl (C=O) groups is 1. The number of non-ortho nitro benzene ring substituents is 1. The van der Waals surface area contributed by atoms with Gasteiger partial charge in [0.05, 0.1) is 4.92 Å². The van der Waals surface area contributed by atoms with Gasteiger partial charge in [0.1, 0.15) is 6.10 Å². The molecule has 0 fully saturated rings. The molecule has 0 heterocycles. The minimum absolute atomic E-state index is 0.0391. The second kappa shape index (κ2) is 7.35. The lowest BCUT2D eigenvalue weighted by Crippen LogP contribution is -2.06. The molecule has 0 aliphatic carbocycles. The van der Waals surface area contributed by atoms with Crippen molar-refractivity contribution in [3.05, 3.63) is 81.4 Å². The lowest BCUT2D eigenvalue weighted by atomic mass is 10.1. The van der Waals surface area contributed by atoms with Crippen molar-refractivity contribution >= 4 is 17.7 Å². The molecule has 0 saturated heterocycles. The largest absolute Gasteiger partial charge is 0.453 e. The highest BCUT2D eigenvalue weighted by atomic mass is 16.6. The van der Waals surface area contributed by atoms with Gasteiger partial charge in [-0.25, -0.2) is 0 Å². The Bertz CT molecular complexity index is 718. The van der Waals surface area contributed by atoms with E-state index in [0.717, 1.165) is 16.7 Å². The molecule has 23 heavy (non-hydrogen) atoms. The Morgan fingerprint density at radius 3 is 2.26 bits per heavy atom. The summed E-state index contributed by atoms with van der Waals surface area (Å²) in [6.45, 7) is 3.35. The van der Waals surface area contributed by atoms with Gasteiger partial charge in [-0.05, 0) is 36.3 Å². The third-order valence-electron chi connectivity index (χ3n) is 3.27. The number of esters is 1. The normalized spacial score (nSPS) is 12.1. The summed E-state index contributed by atoms with van der Waals surface area (Å²) in [6, 6.07) is 13.9. The second-order valence-electron chi connectivity index (χ2n) is 5.15. The highest BCUT2D eigenvalue weighted by Crippen LogP contribution is 2.22. The second-order valence-corrected chi connectivity index (χ2v) is 5.15. The van der Waals surface area contributed by atoms with Crippen molar-refractivity contribution in [1.29, 1.82) is 0 Å². The van der Waals surface area contributed by atoms with E-state index < -0.39 is 11.0 Å². The predicted molar refractivity (Wildman–Crippen MR) is 87.8 cm³/mol. The molecule has 2 aromatic carbocycles. The summed E-state index contributed by atoms with van der Waals surface area (Å²) in [5, 5.41) is 10.6. The lowest BCUT2D eigenvalue weighted by molar-refractivity contribution is -0.384. The third kappa shape index (κ3) is 4.78. The molecule has 0 aliphatic rings. The predicted octanol–water partition coefficient (Wildman–Crippen LogP) is 4.22. The maximum atomic E-state index is 11.3. The molecule has 5 nitrogen and oxygen atoms in total. The number of benzene rings is 2. The number of hydrogen-bond donors (Lipinski definition) is 0. The fourth-order valence-electron chi connectivity index (χ4n) is 2.06. The third-order valence-corrected chi connectivity index (χ3v) is 3.27. The molecule has 0 N–H and O–H groups in total. The number of carbonyl (C=O) groups excluding carboxylic acids is 1. The van der Waals surface area contributed by atoms with Gasteiger partial charge in [0.15, 0.2) is 0 Å². The summed E-state index contributed by atoms with van der Waals surface area (Å²) in [6.07, 6.45) is 3.04. The smallest absolute Gasteiger partial charge is 0.303 e. The van der Waals surface area contributed by atoms with Crippen LogP contribution < -0.4 is 0 Å². The first-order valence-corrected chi connectivity index (χ1v) is 7.12. The summed E-state index contributed by atoms with van der Waals surface area (Å²) in [4.78, 5) is 21.5. The Labute approximate surface area is 134 Å². The summed E-state index contributed by atoms with van der Waals surface area (Å²) >= 11 is 0. The average molecular weight is 311 g/mol. The molecule has 5 heteroatoms. The van der Waals surface area contributed by atoms with Crippen LogP contribution in [0.4, 0.5) is 5.69 Å². The maximum absolute atomic E-state index is 11.3. The van der Waals surface area contributed by atoms with Gasteiger partial charge in [-0.1, -0.05) is 35.9 Å². The molecule has 0 spiro atoms. The summed E-state index contributed by atoms with van der Waals surface area (Å²) in [5.74, 6) is -0.371. The molecule has 2 aromatic rings. The zero-order valence-corrected chi connectivity index (χ0v) is 12.9. The number of hydrogen-bond acceptors (Lipinski definition) is 4. The summed E-state index contributed by atoms with van der Waals surface area (Å²) < 4.78 is 5.33. The fourth-order valence-corrected chi connectivity index (χ4v) is 2.06. The standard InChI is InChI=1S/C18H17NO4/c1-13-3-8-16(9-4-13)18(23-14(2)20)12-7-15-5-10-17(11-6-15)19(21)22/h3-12,18H,1-2H3/b12-7+. The zero-order chi connectivity index (χ0) is 16.8. The number of rotatable bonds is 5. The van der Waals surface area contributed by atoms with Crippen molar-refractivity contribution in [3.63, 3.8) is 0 Å². The Balaban J connectivity index is 2.21. The molecule has 0 amide bonds. The Morgan fingerprint density at radius 2 is 1.74 bits per heavy atom. The van der Waals surface area contributed by atoms with E-state index >= 15 is 0 Å². The first-order valence-electron chi connectivity index (χ1n) is 7.12. The number of aryl methyl sites for hydroxylation is 1. The van der Waals surface area contributed by atoms with Crippen LogP contribution in [0.5, 0.6) is 0 Å². The van der Waals surface area contributed by atoms with Crippen LogP contribution in [-0.2, 0) is 9.53 Å². The van der Waals surface area contributed by atoms with Crippen LogP contribution in [-0.4, -0.2) is 10.9 Å². The van der Waals surface area contributed by atoms with Crippen molar-refractivity contribution in [2.24, 2.45) is 0 Å². The van der Waals surface area contributed by atoms with E-state index in [1.807, 2.05) is 31.2 Å². The van der Waals surface area contributed by atoms with Gasteiger partial charge >= 0.3 is 5.97 Å². The maximum Gasteiger partial charge on any atom is 0.303 e. The van der Waals surface area contributed by atoms with Crippen LogP contribution in [0.3, 0.4) is 0 Å². The van der Waals surface area contributed by atoms with Gasteiger partial charge in [0.25, 0.3) is 5.69 Å². The van der Waals surface area contributed by atoms with Crippen LogP contribution in [0.15, 0.2) is 54.6 Å². The molecule has 0 radical (unpaired) electrons. The van der Waals surface area contributed by atoms with Gasteiger partial charge < -0.3 is 4.74 Å². The van der Waals surface area contributed by atoms with Gasteiger partial charge in [-0.2, -0.15) is 0 Å². The topological polar surface area (TPSA) is 69.4 Å². The molecular weight excluding hydrogens is 294 g/mol. The first kappa shape index (κ1) is 16.4. The van der Waals surface area contributed by atoms with E-state index in [1.165, 1.54) is 19.1 Å². The first-order chi connectivity index (χ1) is 11.0. The Morgan fingerprint density at radius 1 is 1.13 bits per heavy atom. The van der Waals surface area contributed by atoms with Gasteiger partial charge in [-0.15, -0.1) is 0 Å². The molecule has 1 atom stereocenters. The molecule has 0 aliphatic heterocycles. The average Bonchev–Trinajstić information content (AvgIpc) is 2.52. The quantitative estimate of drug-likeness (QED) is 0.471. The van der Waals surface area contributed by atoms with Crippen molar-refractivity contribution < 1.29 is 14.5 Å². The van der Waals surface area contributed by atoms with Crippen molar-refractivity contribution in [2.45, 2.75) is 20.0 Å². The zero-order valence-electron chi connectivity index (χ0n) is 12.9. The van der Waals surface area contributed by atoms with Crippen LogP contribution in [0.1, 0.15) is 29.7 Å². The van der Waals surface area contributed by atoms with E-state index in [9.17, 15) is 14.9 Å². The molecule has 1 unspecified atom stereocenters. The minimum Gasteiger partial charge on any atom is -0.453 e. The summed E-state index contributed by atoms with van der Waals surface area (Å²) in [7, 11) is 0. The number of nitro benzene ring substituents is 1. The number of ether oxygens (including phenoxy) is 1. The van der Waals surface area contributed by atoms with Crippen molar-refractivity contribution in [3.8, 4) is 0 Å². The highest BCUT2D eigenvalue weighted by molar-refractivity contribution is 5.67. The highest BCUT2D eigenvalue weighted by Gasteiger charge is 2.11. The molecule has 2 rings (SSSR count). The van der Waals surface area contributed by atoms with Gasteiger partial charge in [-0.3, -0.25) is 14.9 Å². The summed E-state index contributed by atoms with van der Waals surface area (Å²) in [5.41, 5.74) is 2.82. The van der Waals surface area contributed by atoms with E-state index in [0.29, 0.717) is 0 Å². The molecule has 118 valence electrons. The van der Waals surface area contributed by atoms with E-state index in [-0.39, 0.29) is 11.7 Å². The lowest BCUT2D eigenvalue weighted by Gasteiger charge is -2.13. The van der Waals surface area contributed by atoms with Crippen LogP contribution in [0.2, 0.25) is 0 Å². The number of nitrogens with zero attached hydrogens (tertiary/aromatic N) is 1. The molecular formula is C18H17NO4. The fraction of sp³-hybridized carbons (Fsp3) is 0.167. The molecule has 0 saturated carbocycles.